The maximum absolute atomic E-state index is 12.3. The highest BCUT2D eigenvalue weighted by Crippen LogP contribution is 2.20. The topological polar surface area (TPSA) is 55.1 Å². The summed E-state index contributed by atoms with van der Waals surface area (Å²) in [6.45, 7) is 7.07. The molecule has 0 saturated heterocycles. The lowest BCUT2D eigenvalue weighted by molar-refractivity contribution is 0.0950. The van der Waals surface area contributed by atoms with Gasteiger partial charge in [0.05, 0.1) is 6.54 Å². The van der Waals surface area contributed by atoms with Gasteiger partial charge < -0.3 is 11.1 Å². The molecule has 0 bridgehead atoms. The Morgan fingerprint density at radius 2 is 2.15 bits per heavy atom. The third-order valence-corrected chi connectivity index (χ3v) is 4.38. The van der Waals surface area contributed by atoms with Gasteiger partial charge in [-0.25, -0.2) is 0 Å². The molecule has 0 fully saturated rings. The molecular weight excluding hydrogens is 268 g/mol. The van der Waals surface area contributed by atoms with Gasteiger partial charge in [0.2, 0.25) is 0 Å². The van der Waals surface area contributed by atoms with E-state index in [1.165, 1.54) is 0 Å². The maximum Gasteiger partial charge on any atom is 0.251 e. The summed E-state index contributed by atoms with van der Waals surface area (Å²) < 4.78 is 0.0283. The Hall–Kier alpha value is -1.44. The SMILES string of the molecule is CSC(C)(C)CNC(=O)c1cccc(C#CCN)c1C. The van der Waals surface area contributed by atoms with Crippen LogP contribution in [-0.4, -0.2) is 30.0 Å². The number of carbonyl (C=O) groups is 1. The van der Waals surface area contributed by atoms with Gasteiger partial charge in [-0.1, -0.05) is 17.9 Å². The van der Waals surface area contributed by atoms with Crippen LogP contribution < -0.4 is 11.1 Å². The van der Waals surface area contributed by atoms with Crippen molar-refractivity contribution < 1.29 is 4.79 Å². The van der Waals surface area contributed by atoms with E-state index < -0.39 is 0 Å². The number of thioether (sulfide) groups is 1. The second kappa shape index (κ2) is 7.37. The Balaban J connectivity index is 2.89. The highest BCUT2D eigenvalue weighted by molar-refractivity contribution is 7.99. The van der Waals surface area contributed by atoms with Gasteiger partial charge in [0.1, 0.15) is 0 Å². The largest absolute Gasteiger partial charge is 0.351 e. The standard InChI is InChI=1S/C16H22N2OS/c1-12-13(8-6-10-17)7-5-9-14(12)15(19)18-11-16(2,3)20-4/h5,7,9H,10-11,17H2,1-4H3,(H,18,19). The highest BCUT2D eigenvalue weighted by Gasteiger charge is 2.18. The Labute approximate surface area is 125 Å². The van der Waals surface area contributed by atoms with Crippen LogP contribution in [0.5, 0.6) is 0 Å². The Morgan fingerprint density at radius 1 is 1.45 bits per heavy atom. The molecule has 3 nitrogen and oxygen atoms in total. The van der Waals surface area contributed by atoms with Crippen LogP contribution in [-0.2, 0) is 0 Å². The molecule has 108 valence electrons. The summed E-state index contributed by atoms with van der Waals surface area (Å²) in [5.41, 5.74) is 7.80. The second-order valence-corrected chi connectivity index (χ2v) is 6.64. The highest BCUT2D eigenvalue weighted by atomic mass is 32.2. The maximum atomic E-state index is 12.3. The summed E-state index contributed by atoms with van der Waals surface area (Å²) in [5.74, 6) is 5.76. The van der Waals surface area contributed by atoms with E-state index in [9.17, 15) is 4.79 Å². The van der Waals surface area contributed by atoms with Crippen LogP contribution in [0.25, 0.3) is 0 Å². The van der Waals surface area contributed by atoms with Crippen molar-refractivity contribution in [3.63, 3.8) is 0 Å². The average Bonchev–Trinajstić information content (AvgIpc) is 2.44. The van der Waals surface area contributed by atoms with E-state index >= 15 is 0 Å². The van der Waals surface area contributed by atoms with E-state index in [-0.39, 0.29) is 10.7 Å². The van der Waals surface area contributed by atoms with Gasteiger partial charge >= 0.3 is 0 Å². The number of hydrogen-bond acceptors (Lipinski definition) is 3. The zero-order valence-corrected chi connectivity index (χ0v) is 13.4. The summed E-state index contributed by atoms with van der Waals surface area (Å²) in [4.78, 5) is 12.3. The second-order valence-electron chi connectivity index (χ2n) is 5.13. The van der Waals surface area contributed by atoms with Crippen LogP contribution in [0, 0.1) is 18.8 Å². The molecule has 0 aliphatic heterocycles. The van der Waals surface area contributed by atoms with Gasteiger partial charge in [0.25, 0.3) is 5.91 Å². The molecule has 1 amide bonds. The van der Waals surface area contributed by atoms with Crippen molar-refractivity contribution in [1.82, 2.24) is 5.32 Å². The molecule has 1 rings (SSSR count). The molecule has 4 heteroatoms. The Bertz CT molecular complexity index is 541. The Morgan fingerprint density at radius 3 is 2.75 bits per heavy atom. The van der Waals surface area contributed by atoms with Crippen LogP contribution in [0.1, 0.15) is 35.3 Å². The van der Waals surface area contributed by atoms with Gasteiger partial charge in [-0.3, -0.25) is 4.79 Å². The van der Waals surface area contributed by atoms with Crippen LogP contribution in [0.4, 0.5) is 0 Å². The van der Waals surface area contributed by atoms with Gasteiger partial charge in [-0.15, -0.1) is 0 Å². The van der Waals surface area contributed by atoms with Crippen molar-refractivity contribution in [1.29, 1.82) is 0 Å². The fourth-order valence-electron chi connectivity index (χ4n) is 1.62. The lowest BCUT2D eigenvalue weighted by Crippen LogP contribution is -2.36. The lowest BCUT2D eigenvalue weighted by atomic mass is 10.0. The third kappa shape index (κ3) is 4.59. The number of nitrogens with two attached hydrogens (primary N) is 1. The van der Waals surface area contributed by atoms with Crippen LogP contribution in [0.2, 0.25) is 0 Å². The molecule has 0 aliphatic carbocycles. The predicted octanol–water partition coefficient (Wildman–Crippen LogP) is 2.18. The van der Waals surface area contributed by atoms with Gasteiger partial charge in [0.15, 0.2) is 0 Å². The van der Waals surface area contributed by atoms with E-state index in [1.807, 2.05) is 31.4 Å². The molecule has 0 unspecified atom stereocenters. The number of benzene rings is 1. The molecule has 20 heavy (non-hydrogen) atoms. The molecule has 3 N–H and O–H groups in total. The van der Waals surface area contributed by atoms with Crippen molar-refractivity contribution in [2.45, 2.75) is 25.5 Å². The summed E-state index contributed by atoms with van der Waals surface area (Å²) in [6.07, 6.45) is 2.04. The first kappa shape index (κ1) is 16.6. The first-order chi connectivity index (χ1) is 9.41. The minimum Gasteiger partial charge on any atom is -0.351 e. The molecule has 0 aromatic heterocycles. The summed E-state index contributed by atoms with van der Waals surface area (Å²) in [7, 11) is 0. The minimum absolute atomic E-state index is 0.0283. The smallest absolute Gasteiger partial charge is 0.251 e. The number of amides is 1. The number of nitrogens with one attached hydrogen (secondary N) is 1. The summed E-state index contributed by atoms with van der Waals surface area (Å²) in [5, 5.41) is 2.98. The zero-order chi connectivity index (χ0) is 15.2. The van der Waals surface area contributed by atoms with E-state index in [4.69, 9.17) is 5.73 Å². The fourth-order valence-corrected chi connectivity index (χ4v) is 1.84. The summed E-state index contributed by atoms with van der Waals surface area (Å²) in [6, 6.07) is 5.58. The van der Waals surface area contributed by atoms with Crippen molar-refractivity contribution >= 4 is 17.7 Å². The van der Waals surface area contributed by atoms with Gasteiger partial charge in [-0.05, 0) is 44.7 Å². The van der Waals surface area contributed by atoms with Gasteiger partial charge in [-0.2, -0.15) is 11.8 Å². The van der Waals surface area contributed by atoms with Crippen LogP contribution >= 0.6 is 11.8 Å². The van der Waals surface area contributed by atoms with E-state index in [1.54, 1.807) is 11.8 Å². The van der Waals surface area contributed by atoms with E-state index in [0.29, 0.717) is 18.7 Å². The van der Waals surface area contributed by atoms with E-state index in [2.05, 4.69) is 31.0 Å². The molecule has 1 aromatic rings. The quantitative estimate of drug-likeness (QED) is 0.836. The minimum atomic E-state index is -0.0546. The normalized spacial score (nSPS) is 10.7. The molecule has 0 heterocycles. The molecule has 1 aromatic carbocycles. The van der Waals surface area contributed by atoms with Crippen molar-refractivity contribution in [2.24, 2.45) is 5.73 Å². The first-order valence-electron chi connectivity index (χ1n) is 6.53. The lowest BCUT2D eigenvalue weighted by Gasteiger charge is -2.22. The monoisotopic (exact) mass is 290 g/mol. The number of carbonyl (C=O) groups excluding carboxylic acids is 1. The zero-order valence-electron chi connectivity index (χ0n) is 12.5. The third-order valence-electron chi connectivity index (χ3n) is 3.13. The van der Waals surface area contributed by atoms with Gasteiger partial charge in [0, 0.05) is 22.4 Å². The van der Waals surface area contributed by atoms with Crippen molar-refractivity contribution in [3.8, 4) is 11.8 Å². The van der Waals surface area contributed by atoms with Crippen molar-refractivity contribution in [2.75, 3.05) is 19.3 Å². The first-order valence-corrected chi connectivity index (χ1v) is 7.75. The average molecular weight is 290 g/mol. The fraction of sp³-hybridized carbons (Fsp3) is 0.438. The molecule has 0 radical (unpaired) electrons. The molecule has 0 saturated carbocycles. The number of rotatable bonds is 4. The van der Waals surface area contributed by atoms with Crippen LogP contribution in [0.15, 0.2) is 18.2 Å². The van der Waals surface area contributed by atoms with Crippen LogP contribution in [0.3, 0.4) is 0 Å². The predicted molar refractivity (Wildman–Crippen MR) is 87.0 cm³/mol. The molecule has 0 aliphatic rings. The van der Waals surface area contributed by atoms with Crippen molar-refractivity contribution in [3.05, 3.63) is 34.9 Å². The summed E-state index contributed by atoms with van der Waals surface area (Å²) >= 11 is 1.73. The number of hydrogen-bond donors (Lipinski definition) is 2. The molecular formula is C16H22N2OS. The Kier molecular flexibility index (Phi) is 6.12. The molecule has 0 atom stereocenters. The van der Waals surface area contributed by atoms with E-state index in [0.717, 1.165) is 11.1 Å². The molecule has 0 spiro atoms.